The Kier molecular flexibility index (Phi) is 11.0. The van der Waals surface area contributed by atoms with Crippen molar-refractivity contribution >= 4 is 63.9 Å². The van der Waals surface area contributed by atoms with E-state index < -0.39 is 0 Å². The molecular formula is C42H42Cl2N6O4. The maximum atomic E-state index is 14.6. The Balaban J connectivity index is 0.00000450. The van der Waals surface area contributed by atoms with E-state index in [4.69, 9.17) is 16.3 Å². The van der Waals surface area contributed by atoms with Crippen LogP contribution in [0.4, 0.5) is 16.2 Å². The molecule has 8 rings (SSSR count). The van der Waals surface area contributed by atoms with Crippen molar-refractivity contribution in [1.29, 1.82) is 0 Å². The van der Waals surface area contributed by atoms with E-state index in [-0.39, 0.29) is 36.1 Å². The number of benzene rings is 4. The normalized spacial score (nSPS) is 17.0. The Morgan fingerprint density at radius 1 is 0.926 bits per heavy atom. The highest BCUT2D eigenvalue weighted by Gasteiger charge is 2.31. The van der Waals surface area contributed by atoms with Crippen LogP contribution in [0.3, 0.4) is 0 Å². The molecule has 4 aromatic carbocycles. The summed E-state index contributed by atoms with van der Waals surface area (Å²) in [6, 6.07) is 27.7. The molecule has 0 saturated carbocycles. The smallest absolute Gasteiger partial charge is 0.351 e. The van der Waals surface area contributed by atoms with Crippen LogP contribution >= 0.6 is 24.0 Å². The van der Waals surface area contributed by atoms with E-state index in [1.54, 1.807) is 59.6 Å². The number of carbonyl (C=O) groups is 2. The number of allylic oxidation sites excluding steroid dienone is 2. The van der Waals surface area contributed by atoms with Gasteiger partial charge in [0.15, 0.2) is 0 Å². The summed E-state index contributed by atoms with van der Waals surface area (Å²) >= 11 is 6.54. The molecule has 4 heterocycles. The first-order valence-corrected chi connectivity index (χ1v) is 18.3. The predicted molar refractivity (Wildman–Crippen MR) is 215 cm³/mol. The molecule has 0 aliphatic carbocycles. The van der Waals surface area contributed by atoms with Crippen LogP contribution in [0, 0.1) is 0 Å². The van der Waals surface area contributed by atoms with Crippen molar-refractivity contribution in [3.8, 4) is 5.75 Å². The summed E-state index contributed by atoms with van der Waals surface area (Å²) in [4.78, 5) is 34.7. The van der Waals surface area contributed by atoms with Crippen molar-refractivity contribution in [1.82, 2.24) is 24.8 Å². The molecule has 12 heteroatoms. The molecule has 0 radical (unpaired) electrons. The van der Waals surface area contributed by atoms with Crippen molar-refractivity contribution in [3.05, 3.63) is 143 Å². The number of phenols is 1. The Bertz CT molecular complexity index is 2230. The summed E-state index contributed by atoms with van der Waals surface area (Å²) in [6.07, 6.45) is 8.11. The summed E-state index contributed by atoms with van der Waals surface area (Å²) in [5.74, 6) is -0.00970. The number of hydrogen-bond acceptors (Lipinski definition) is 6. The van der Waals surface area contributed by atoms with Gasteiger partial charge in [-0.2, -0.15) is 0 Å². The van der Waals surface area contributed by atoms with Gasteiger partial charge in [-0.3, -0.25) is 20.0 Å². The van der Waals surface area contributed by atoms with Crippen LogP contribution in [0.2, 0.25) is 5.02 Å². The van der Waals surface area contributed by atoms with Crippen LogP contribution in [0.15, 0.2) is 116 Å². The first kappa shape index (κ1) is 37.1. The molecule has 1 fully saturated rings. The molecule has 0 bridgehead atoms. The predicted octanol–water partition coefficient (Wildman–Crippen LogP) is 7.97. The number of amides is 3. The van der Waals surface area contributed by atoms with Crippen LogP contribution in [-0.2, 0) is 24.2 Å². The van der Waals surface area contributed by atoms with E-state index in [2.05, 4.69) is 46.2 Å². The Morgan fingerprint density at radius 2 is 1.69 bits per heavy atom. The van der Waals surface area contributed by atoms with Gasteiger partial charge in [0.1, 0.15) is 5.75 Å². The number of nitrogens with one attached hydrogen (secondary N) is 1. The lowest BCUT2D eigenvalue weighted by molar-refractivity contribution is 0.0365. The molecular weight excluding hydrogens is 723 g/mol. The Labute approximate surface area is 325 Å². The lowest BCUT2D eigenvalue weighted by Crippen LogP contribution is -2.46. The molecule has 10 nitrogen and oxygen atoms in total. The summed E-state index contributed by atoms with van der Waals surface area (Å²) in [5, 5.41) is 13.0. The molecule has 3 aliphatic heterocycles. The molecule has 1 aromatic heterocycles. The third-order valence-corrected chi connectivity index (χ3v) is 10.5. The van der Waals surface area contributed by atoms with Gasteiger partial charge in [-0.15, -0.1) is 12.4 Å². The minimum absolute atomic E-state index is 0. The number of anilines is 2. The molecule has 54 heavy (non-hydrogen) atoms. The minimum Gasteiger partial charge on any atom is -0.508 e. The zero-order valence-corrected chi connectivity index (χ0v) is 31.5. The standard InChI is InChI=1S/C42H41ClN6O4.ClH/c1-29-25-30-5-2-3-6-32(30)28-47(29)41(51)37-14-8-33(43)27-38(37)39-7-4-17-48(44-39)42(52)49(34-9-12-36(50)13-10-34)35-11-15-40-31(26-35)16-18-46(40)20-19-45-21-23-53-24-22-45;/h2-18,26-27,29,44,50H,19-25,28H2,1H3;1H/t29-;/m1./s1. The number of aromatic nitrogens is 1. The molecule has 278 valence electrons. The van der Waals surface area contributed by atoms with E-state index in [1.165, 1.54) is 10.6 Å². The Hall–Kier alpha value is -5.26. The van der Waals surface area contributed by atoms with Crippen LogP contribution < -0.4 is 10.3 Å². The number of ether oxygens (including phenoxy) is 1. The van der Waals surface area contributed by atoms with Crippen molar-refractivity contribution in [2.24, 2.45) is 0 Å². The number of aromatic hydroxyl groups is 1. The molecule has 3 aliphatic rings. The number of hydrazine groups is 1. The topological polar surface area (TPSA) is 93.5 Å². The van der Waals surface area contributed by atoms with E-state index in [0.717, 1.165) is 62.3 Å². The van der Waals surface area contributed by atoms with Gasteiger partial charge >= 0.3 is 6.03 Å². The summed E-state index contributed by atoms with van der Waals surface area (Å²) in [7, 11) is 0. The van der Waals surface area contributed by atoms with E-state index >= 15 is 0 Å². The number of phenolic OH excluding ortho intramolecular Hbond substituents is 1. The van der Waals surface area contributed by atoms with Crippen LogP contribution in [-0.4, -0.2) is 75.3 Å². The van der Waals surface area contributed by atoms with Crippen molar-refractivity contribution in [2.75, 3.05) is 37.7 Å². The van der Waals surface area contributed by atoms with E-state index in [1.807, 2.05) is 41.3 Å². The highest BCUT2D eigenvalue weighted by atomic mass is 35.5. The highest BCUT2D eigenvalue weighted by Crippen LogP contribution is 2.33. The molecule has 0 spiro atoms. The van der Waals surface area contributed by atoms with Crippen LogP contribution in [0.5, 0.6) is 5.75 Å². The zero-order chi connectivity index (χ0) is 36.5. The molecule has 2 N–H and O–H groups in total. The molecule has 0 unspecified atom stereocenters. The maximum Gasteiger partial charge on any atom is 0.351 e. The first-order valence-electron chi connectivity index (χ1n) is 18.0. The second-order valence-electron chi connectivity index (χ2n) is 13.7. The van der Waals surface area contributed by atoms with Gasteiger partial charge in [0.2, 0.25) is 0 Å². The Morgan fingerprint density at radius 3 is 2.48 bits per heavy atom. The molecule has 5 aromatic rings. The zero-order valence-electron chi connectivity index (χ0n) is 29.9. The number of halogens is 2. The fraction of sp³-hybridized carbons (Fsp3) is 0.238. The molecule has 1 atom stereocenters. The van der Waals surface area contributed by atoms with Gasteiger partial charge in [0.05, 0.1) is 30.3 Å². The maximum absolute atomic E-state index is 14.6. The van der Waals surface area contributed by atoms with Gasteiger partial charge in [-0.05, 0) is 103 Å². The lowest BCUT2D eigenvalue weighted by atomic mass is 9.93. The second-order valence-corrected chi connectivity index (χ2v) is 14.1. The van der Waals surface area contributed by atoms with Crippen molar-refractivity contribution < 1.29 is 19.4 Å². The van der Waals surface area contributed by atoms with E-state index in [0.29, 0.717) is 39.8 Å². The number of urea groups is 1. The number of carbonyl (C=O) groups excluding carboxylic acids is 2. The minimum atomic E-state index is -0.389. The van der Waals surface area contributed by atoms with Crippen molar-refractivity contribution in [3.63, 3.8) is 0 Å². The third-order valence-electron chi connectivity index (χ3n) is 10.3. The van der Waals surface area contributed by atoms with Crippen LogP contribution in [0.1, 0.15) is 34.0 Å². The lowest BCUT2D eigenvalue weighted by Gasteiger charge is -2.36. The number of hydrogen-bond donors (Lipinski definition) is 2. The molecule has 1 saturated heterocycles. The third kappa shape index (κ3) is 7.56. The van der Waals surface area contributed by atoms with Gasteiger partial charge in [0, 0.05) is 78.2 Å². The quantitative estimate of drug-likeness (QED) is 0.175. The number of fused-ring (bicyclic) bond motifs is 2. The van der Waals surface area contributed by atoms with Gasteiger partial charge in [-0.1, -0.05) is 35.9 Å². The molecule has 3 amide bonds. The summed E-state index contributed by atoms with van der Waals surface area (Å²) in [6.45, 7) is 7.76. The SMILES string of the molecule is C[C@@H]1Cc2ccccc2CN1C(=O)c1ccc(Cl)cc1C1=CC=CN(C(=O)N(c2ccc(O)cc2)c2ccc3c(ccn3CCN3CCOCC3)c2)N1.Cl. The fourth-order valence-electron chi connectivity index (χ4n) is 7.40. The average Bonchev–Trinajstić information content (AvgIpc) is 3.60. The largest absolute Gasteiger partial charge is 0.508 e. The average molecular weight is 766 g/mol. The summed E-state index contributed by atoms with van der Waals surface area (Å²) in [5.41, 5.74) is 9.59. The fourth-order valence-corrected chi connectivity index (χ4v) is 7.57. The van der Waals surface area contributed by atoms with Gasteiger partial charge in [0.25, 0.3) is 5.91 Å². The number of nitrogens with zero attached hydrogens (tertiary/aromatic N) is 5. The van der Waals surface area contributed by atoms with E-state index in [9.17, 15) is 14.7 Å². The monoisotopic (exact) mass is 764 g/mol. The van der Waals surface area contributed by atoms with Crippen LogP contribution in [0.25, 0.3) is 16.6 Å². The summed E-state index contributed by atoms with van der Waals surface area (Å²) < 4.78 is 7.74. The van der Waals surface area contributed by atoms with Crippen molar-refractivity contribution in [2.45, 2.75) is 32.5 Å². The second kappa shape index (κ2) is 16.0. The van der Waals surface area contributed by atoms with Gasteiger partial charge in [-0.25, -0.2) is 9.80 Å². The first-order chi connectivity index (χ1) is 25.8. The number of rotatable bonds is 7. The number of morpholine rings is 1. The van der Waals surface area contributed by atoms with Gasteiger partial charge < -0.3 is 19.3 Å². The highest BCUT2D eigenvalue weighted by molar-refractivity contribution is 6.31.